The van der Waals surface area contributed by atoms with Crippen LogP contribution in [0.15, 0.2) is 164 Å². The van der Waals surface area contributed by atoms with Gasteiger partial charge in [0.25, 0.3) is 0 Å². The van der Waals surface area contributed by atoms with E-state index in [1.165, 1.54) is 81.0 Å². The fraction of sp³-hybridized carbons (Fsp3) is 0. The van der Waals surface area contributed by atoms with Gasteiger partial charge >= 0.3 is 0 Å². The number of benzene rings is 7. The summed E-state index contributed by atoms with van der Waals surface area (Å²) in [6.07, 6.45) is 0. The Morgan fingerprint density at radius 3 is 1.52 bits per heavy atom. The molecule has 0 saturated heterocycles. The number of fused-ring (bicyclic) bond motifs is 6. The van der Waals surface area contributed by atoms with Crippen LogP contribution in [0.5, 0.6) is 0 Å². The third-order valence-electron chi connectivity index (χ3n) is 8.82. The van der Waals surface area contributed by atoms with Crippen molar-refractivity contribution >= 4 is 53.3 Å². The molecule has 0 saturated carbocycles. The van der Waals surface area contributed by atoms with Crippen LogP contribution < -0.4 is 0 Å². The highest BCUT2D eigenvalue weighted by atomic mass is 32.1. The molecule has 9 rings (SSSR count). The summed E-state index contributed by atoms with van der Waals surface area (Å²) in [5.74, 6) is 0. The van der Waals surface area contributed by atoms with Crippen LogP contribution in [-0.2, 0) is 0 Å². The maximum absolute atomic E-state index is 2.44. The molecule has 0 amide bonds. The fourth-order valence-corrected chi connectivity index (χ4v) is 7.74. The van der Waals surface area contributed by atoms with Crippen LogP contribution in [-0.4, -0.2) is 4.57 Å². The summed E-state index contributed by atoms with van der Waals surface area (Å²) < 4.78 is 5.10. The predicted octanol–water partition coefficient (Wildman–Crippen LogP) is 12.2. The maximum Gasteiger partial charge on any atom is 0.0548 e. The minimum atomic E-state index is 1.17. The summed E-state index contributed by atoms with van der Waals surface area (Å²) in [7, 11) is 0. The highest BCUT2D eigenvalue weighted by Gasteiger charge is 2.17. The van der Waals surface area contributed by atoms with Crippen molar-refractivity contribution in [2.75, 3.05) is 0 Å². The molecule has 0 spiro atoms. The van der Waals surface area contributed by atoms with E-state index in [4.69, 9.17) is 0 Å². The molecule has 0 radical (unpaired) electrons. The lowest BCUT2D eigenvalue weighted by atomic mass is 9.99. The molecule has 1 nitrogen and oxygen atoms in total. The number of aromatic nitrogens is 1. The van der Waals surface area contributed by atoms with Gasteiger partial charge in [-0.1, -0.05) is 121 Å². The van der Waals surface area contributed by atoms with Crippen LogP contribution in [0.1, 0.15) is 0 Å². The predicted molar refractivity (Wildman–Crippen MR) is 190 cm³/mol. The summed E-state index contributed by atoms with van der Waals surface area (Å²) in [5, 5.41) is 5.20. The first-order chi connectivity index (χ1) is 21.8. The van der Waals surface area contributed by atoms with Crippen LogP contribution in [0.2, 0.25) is 0 Å². The van der Waals surface area contributed by atoms with E-state index < -0.39 is 0 Å². The molecule has 0 aliphatic rings. The Hall–Kier alpha value is -5.44. The molecule has 0 N–H and O–H groups in total. The Bertz CT molecular complexity index is 2450. The highest BCUT2D eigenvalue weighted by Crippen LogP contribution is 2.41. The normalized spacial score (nSPS) is 11.6. The molecule has 0 atom stereocenters. The first-order valence-electron chi connectivity index (χ1n) is 15.0. The van der Waals surface area contributed by atoms with E-state index >= 15 is 0 Å². The van der Waals surface area contributed by atoms with Gasteiger partial charge in [0.1, 0.15) is 0 Å². The van der Waals surface area contributed by atoms with Gasteiger partial charge in [-0.25, -0.2) is 0 Å². The van der Waals surface area contributed by atoms with Crippen LogP contribution in [0, 0.1) is 0 Å². The summed E-state index contributed by atoms with van der Waals surface area (Å²) in [5.41, 5.74) is 11.0. The van der Waals surface area contributed by atoms with Gasteiger partial charge in [-0.2, -0.15) is 0 Å². The van der Waals surface area contributed by atoms with E-state index in [1.54, 1.807) is 0 Å². The second kappa shape index (κ2) is 10.1. The largest absolute Gasteiger partial charge is 0.309 e. The lowest BCUT2D eigenvalue weighted by Crippen LogP contribution is -1.94. The summed E-state index contributed by atoms with van der Waals surface area (Å²) in [6, 6.07) is 59.6. The van der Waals surface area contributed by atoms with Crippen LogP contribution in [0.4, 0.5) is 0 Å². The molecule has 0 fully saturated rings. The quantitative estimate of drug-likeness (QED) is 0.196. The highest BCUT2D eigenvalue weighted by molar-refractivity contribution is 7.25. The summed E-state index contributed by atoms with van der Waals surface area (Å²) in [4.78, 5) is 0. The molecular formula is C42H27NS. The van der Waals surface area contributed by atoms with E-state index in [1.807, 2.05) is 11.3 Å². The molecular weight excluding hydrogens is 551 g/mol. The molecule has 0 unspecified atom stereocenters. The lowest BCUT2D eigenvalue weighted by Gasteiger charge is -2.10. The second-order valence-corrected chi connectivity index (χ2v) is 12.5. The third-order valence-corrected chi connectivity index (χ3v) is 9.96. The Kier molecular flexibility index (Phi) is 5.75. The summed E-state index contributed by atoms with van der Waals surface area (Å²) >= 11 is 1.88. The van der Waals surface area contributed by atoms with Crippen LogP contribution in [0.25, 0.3) is 81.0 Å². The van der Waals surface area contributed by atoms with Gasteiger partial charge in [0.05, 0.1) is 11.0 Å². The molecule has 7 aromatic carbocycles. The minimum Gasteiger partial charge on any atom is -0.309 e. The zero-order valence-electron chi connectivity index (χ0n) is 23.9. The standard InChI is InChI=1S/C42H27NS/c1-3-9-28(10-4-1)30-15-17-32(18-16-30)33-21-24-39-36(25-33)37-27-42-38(35-13-7-8-14-41(35)44-42)26-40(37)43(39)34-22-19-31(20-23-34)29-11-5-2-6-12-29/h1-27H. The lowest BCUT2D eigenvalue weighted by molar-refractivity contribution is 1.18. The summed E-state index contributed by atoms with van der Waals surface area (Å²) in [6.45, 7) is 0. The van der Waals surface area contributed by atoms with Crippen molar-refractivity contribution in [3.05, 3.63) is 164 Å². The Balaban J connectivity index is 1.24. The van der Waals surface area contributed by atoms with Crippen molar-refractivity contribution in [1.29, 1.82) is 0 Å². The molecule has 0 aliphatic carbocycles. The fourth-order valence-electron chi connectivity index (χ4n) is 6.61. The molecule has 2 heterocycles. The molecule has 206 valence electrons. The number of thiophene rings is 1. The molecule has 0 bridgehead atoms. The van der Waals surface area contributed by atoms with Crippen LogP contribution in [0.3, 0.4) is 0 Å². The van der Waals surface area contributed by atoms with E-state index in [2.05, 4.69) is 168 Å². The number of hydrogen-bond donors (Lipinski definition) is 0. The van der Waals surface area contributed by atoms with Crippen molar-refractivity contribution in [2.24, 2.45) is 0 Å². The number of rotatable bonds is 4. The van der Waals surface area contributed by atoms with Crippen molar-refractivity contribution in [1.82, 2.24) is 4.57 Å². The van der Waals surface area contributed by atoms with Gasteiger partial charge in [0.15, 0.2) is 0 Å². The van der Waals surface area contributed by atoms with Gasteiger partial charge in [-0.05, 0) is 75.8 Å². The average molecular weight is 578 g/mol. The average Bonchev–Trinajstić information content (AvgIpc) is 3.62. The Morgan fingerprint density at radius 2 is 0.841 bits per heavy atom. The first kappa shape index (κ1) is 25.1. The zero-order chi connectivity index (χ0) is 29.0. The van der Waals surface area contributed by atoms with Crippen molar-refractivity contribution in [3.8, 4) is 39.1 Å². The second-order valence-electron chi connectivity index (χ2n) is 11.4. The molecule has 44 heavy (non-hydrogen) atoms. The number of hydrogen-bond acceptors (Lipinski definition) is 1. The Morgan fingerprint density at radius 1 is 0.318 bits per heavy atom. The van der Waals surface area contributed by atoms with Crippen molar-refractivity contribution in [2.45, 2.75) is 0 Å². The smallest absolute Gasteiger partial charge is 0.0548 e. The van der Waals surface area contributed by atoms with Gasteiger partial charge in [-0.15, -0.1) is 11.3 Å². The topological polar surface area (TPSA) is 4.93 Å². The van der Waals surface area contributed by atoms with Gasteiger partial charge in [0, 0.05) is 36.6 Å². The van der Waals surface area contributed by atoms with E-state index in [0.29, 0.717) is 0 Å². The molecule has 9 aromatic rings. The number of nitrogens with zero attached hydrogens (tertiary/aromatic N) is 1. The Labute approximate surface area is 259 Å². The van der Waals surface area contributed by atoms with Crippen LogP contribution >= 0.6 is 11.3 Å². The monoisotopic (exact) mass is 577 g/mol. The first-order valence-corrected chi connectivity index (χ1v) is 15.8. The van der Waals surface area contributed by atoms with Gasteiger partial charge in [-0.3, -0.25) is 0 Å². The molecule has 2 aromatic heterocycles. The molecule has 2 heteroatoms. The van der Waals surface area contributed by atoms with E-state index in [0.717, 1.165) is 0 Å². The SMILES string of the molecule is c1ccc(-c2ccc(-c3ccc4c(c3)c3cc5sc6ccccc6c5cc3n4-c3ccc(-c4ccccc4)cc3)cc2)cc1. The molecule has 0 aliphatic heterocycles. The zero-order valence-corrected chi connectivity index (χ0v) is 24.8. The van der Waals surface area contributed by atoms with Gasteiger partial charge < -0.3 is 4.57 Å². The van der Waals surface area contributed by atoms with Crippen molar-refractivity contribution in [3.63, 3.8) is 0 Å². The van der Waals surface area contributed by atoms with E-state index in [-0.39, 0.29) is 0 Å². The maximum atomic E-state index is 2.44. The van der Waals surface area contributed by atoms with E-state index in [9.17, 15) is 0 Å². The third kappa shape index (κ3) is 4.07. The van der Waals surface area contributed by atoms with Gasteiger partial charge in [0.2, 0.25) is 0 Å². The van der Waals surface area contributed by atoms with Crippen molar-refractivity contribution < 1.29 is 0 Å². The minimum absolute atomic E-state index is 1.17.